The summed E-state index contributed by atoms with van der Waals surface area (Å²) in [6.45, 7) is 2.56. The lowest BCUT2D eigenvalue weighted by molar-refractivity contribution is -0.128. The van der Waals surface area contributed by atoms with Gasteiger partial charge in [-0.3, -0.25) is 19.3 Å². The number of aryl methyl sites for hydroxylation is 1. The summed E-state index contributed by atoms with van der Waals surface area (Å²) in [6.07, 6.45) is 1.75. The van der Waals surface area contributed by atoms with Crippen LogP contribution in [-0.4, -0.2) is 41.4 Å². The van der Waals surface area contributed by atoms with Crippen molar-refractivity contribution in [2.75, 3.05) is 13.6 Å². The fourth-order valence-corrected chi connectivity index (χ4v) is 6.11. The Morgan fingerprint density at radius 3 is 2.07 bits per heavy atom. The maximum Gasteiger partial charge on any atom is 0.192 e. The van der Waals surface area contributed by atoms with E-state index in [0.717, 1.165) is 17.5 Å². The Morgan fingerprint density at radius 1 is 0.929 bits per heavy atom. The molecule has 2 aromatic rings. The zero-order chi connectivity index (χ0) is 19.7. The van der Waals surface area contributed by atoms with Gasteiger partial charge < -0.3 is 0 Å². The number of carbonyl (C=O) groups is 3. The van der Waals surface area contributed by atoms with Gasteiger partial charge in [0.05, 0.1) is 5.41 Å². The summed E-state index contributed by atoms with van der Waals surface area (Å²) in [5.74, 6) is -0.479. The SMILES string of the molecule is Cc1ccc([C@@H]2CN(C)C3(C(=O)c4ccccc4C3=O)[C@]23CCCC3=O)cc1. The van der Waals surface area contributed by atoms with Gasteiger partial charge in [-0.1, -0.05) is 54.1 Å². The van der Waals surface area contributed by atoms with Gasteiger partial charge in [-0.25, -0.2) is 0 Å². The summed E-state index contributed by atoms with van der Waals surface area (Å²) < 4.78 is 0. The molecule has 4 nitrogen and oxygen atoms in total. The van der Waals surface area contributed by atoms with Crippen LogP contribution in [0.25, 0.3) is 0 Å². The van der Waals surface area contributed by atoms with E-state index in [1.54, 1.807) is 24.3 Å². The molecule has 2 aromatic carbocycles. The van der Waals surface area contributed by atoms with Gasteiger partial charge in [0.1, 0.15) is 5.78 Å². The molecule has 2 aliphatic carbocycles. The molecule has 0 bridgehead atoms. The third-order valence-corrected chi connectivity index (χ3v) is 7.30. The van der Waals surface area contributed by atoms with Crippen LogP contribution in [0.4, 0.5) is 0 Å². The molecule has 1 heterocycles. The predicted molar refractivity (Wildman–Crippen MR) is 106 cm³/mol. The number of likely N-dealkylation sites (tertiary alicyclic amines) is 1. The van der Waals surface area contributed by atoms with Crippen molar-refractivity contribution in [1.29, 1.82) is 0 Å². The molecule has 0 aromatic heterocycles. The minimum Gasteiger partial charge on any atom is -0.299 e. The minimum atomic E-state index is -1.40. The fraction of sp³-hybridized carbons (Fsp3) is 0.375. The van der Waals surface area contributed by atoms with Crippen LogP contribution in [-0.2, 0) is 4.79 Å². The molecule has 2 spiro atoms. The predicted octanol–water partition coefficient (Wildman–Crippen LogP) is 3.58. The Morgan fingerprint density at radius 2 is 1.54 bits per heavy atom. The van der Waals surface area contributed by atoms with E-state index in [9.17, 15) is 14.4 Å². The largest absolute Gasteiger partial charge is 0.299 e. The monoisotopic (exact) mass is 373 g/mol. The van der Waals surface area contributed by atoms with Crippen LogP contribution in [0.3, 0.4) is 0 Å². The minimum absolute atomic E-state index is 0.0666. The van der Waals surface area contributed by atoms with E-state index in [2.05, 4.69) is 12.1 Å². The standard InChI is InChI=1S/C24H23NO3/c1-15-9-11-16(12-10-15)19-14-25(2)24(23(19)13-5-8-20(23)26)21(27)17-6-3-4-7-18(17)22(24)28/h3-4,6-7,9-12,19H,5,8,13-14H2,1-2H3/t19-,23+/m0/s1. The van der Waals surface area contributed by atoms with Crippen LogP contribution >= 0.6 is 0 Å². The molecule has 4 heteroatoms. The van der Waals surface area contributed by atoms with E-state index >= 15 is 0 Å². The van der Waals surface area contributed by atoms with E-state index < -0.39 is 11.0 Å². The smallest absolute Gasteiger partial charge is 0.192 e. The van der Waals surface area contributed by atoms with Crippen molar-refractivity contribution >= 4 is 17.3 Å². The van der Waals surface area contributed by atoms with Crippen LogP contribution in [0, 0.1) is 12.3 Å². The lowest BCUT2D eigenvalue weighted by Crippen LogP contribution is -2.62. The van der Waals surface area contributed by atoms with Crippen LogP contribution in [0.2, 0.25) is 0 Å². The van der Waals surface area contributed by atoms with E-state index in [4.69, 9.17) is 0 Å². The zero-order valence-electron chi connectivity index (χ0n) is 16.2. The van der Waals surface area contributed by atoms with Gasteiger partial charge in [-0.2, -0.15) is 0 Å². The number of fused-ring (bicyclic) bond motifs is 2. The second kappa shape index (κ2) is 5.71. The molecular formula is C24H23NO3. The van der Waals surface area contributed by atoms with Crippen molar-refractivity contribution in [2.45, 2.75) is 37.6 Å². The summed E-state index contributed by atoms with van der Waals surface area (Å²) in [6, 6.07) is 15.2. The van der Waals surface area contributed by atoms with Crippen LogP contribution in [0.15, 0.2) is 48.5 Å². The number of Topliss-reactive ketones (excluding diaryl/α,β-unsaturated/α-hetero) is 3. The molecule has 0 N–H and O–H groups in total. The Bertz CT molecular complexity index is 987. The maximum atomic E-state index is 13.8. The van der Waals surface area contributed by atoms with E-state index in [0.29, 0.717) is 30.5 Å². The molecule has 0 radical (unpaired) electrons. The van der Waals surface area contributed by atoms with Crippen molar-refractivity contribution in [3.8, 4) is 0 Å². The molecule has 142 valence electrons. The lowest BCUT2D eigenvalue weighted by atomic mass is 9.59. The number of likely N-dealkylation sites (N-methyl/N-ethyl adjacent to an activating group) is 1. The summed E-state index contributed by atoms with van der Waals surface area (Å²) in [5.41, 5.74) is 0.730. The van der Waals surface area contributed by atoms with Gasteiger partial charge >= 0.3 is 0 Å². The van der Waals surface area contributed by atoms with Crippen molar-refractivity contribution in [3.05, 3.63) is 70.8 Å². The molecule has 3 aliphatic rings. The highest BCUT2D eigenvalue weighted by molar-refractivity contribution is 6.35. The molecular weight excluding hydrogens is 350 g/mol. The zero-order valence-corrected chi connectivity index (χ0v) is 16.2. The molecule has 5 rings (SSSR count). The van der Waals surface area contributed by atoms with Gasteiger partial charge in [0.15, 0.2) is 17.1 Å². The van der Waals surface area contributed by atoms with Gasteiger partial charge in [0.2, 0.25) is 0 Å². The van der Waals surface area contributed by atoms with Crippen molar-refractivity contribution in [1.82, 2.24) is 4.90 Å². The first-order valence-electron chi connectivity index (χ1n) is 9.94. The van der Waals surface area contributed by atoms with Crippen molar-refractivity contribution in [2.24, 2.45) is 5.41 Å². The lowest BCUT2D eigenvalue weighted by Gasteiger charge is -2.42. The van der Waals surface area contributed by atoms with Crippen molar-refractivity contribution < 1.29 is 14.4 Å². The Hall–Kier alpha value is -2.59. The van der Waals surface area contributed by atoms with Gasteiger partial charge in [-0.15, -0.1) is 0 Å². The first-order valence-corrected chi connectivity index (χ1v) is 9.94. The molecule has 1 aliphatic heterocycles. The third-order valence-electron chi connectivity index (χ3n) is 7.30. The first kappa shape index (κ1) is 17.5. The van der Waals surface area contributed by atoms with Crippen molar-refractivity contribution in [3.63, 3.8) is 0 Å². The molecule has 2 atom stereocenters. The van der Waals surface area contributed by atoms with Gasteiger partial charge in [-0.05, 0) is 32.4 Å². The molecule has 1 saturated carbocycles. The maximum absolute atomic E-state index is 13.8. The van der Waals surface area contributed by atoms with Crippen LogP contribution in [0.1, 0.15) is 57.0 Å². The topological polar surface area (TPSA) is 54.5 Å². The van der Waals surface area contributed by atoms with Gasteiger partial charge in [0.25, 0.3) is 0 Å². The summed E-state index contributed by atoms with van der Waals surface area (Å²) >= 11 is 0. The first-order chi connectivity index (χ1) is 13.4. The van der Waals surface area contributed by atoms with E-state index in [-0.39, 0.29) is 23.3 Å². The second-order valence-electron chi connectivity index (χ2n) is 8.51. The number of ketones is 3. The summed E-state index contributed by atoms with van der Waals surface area (Å²) in [5, 5.41) is 0. The number of hydrogen-bond donors (Lipinski definition) is 0. The highest BCUT2D eigenvalue weighted by atomic mass is 16.2. The fourth-order valence-electron chi connectivity index (χ4n) is 6.11. The number of rotatable bonds is 1. The quantitative estimate of drug-likeness (QED) is 0.717. The Labute approximate surface area is 164 Å². The Balaban J connectivity index is 1.77. The summed E-state index contributed by atoms with van der Waals surface area (Å²) in [7, 11) is 1.84. The van der Waals surface area contributed by atoms with Crippen LogP contribution in [0.5, 0.6) is 0 Å². The average Bonchev–Trinajstić information content (AvgIpc) is 3.28. The Kier molecular flexibility index (Phi) is 3.57. The molecule has 0 amide bonds. The normalized spacial score (nSPS) is 28.6. The molecule has 28 heavy (non-hydrogen) atoms. The van der Waals surface area contributed by atoms with Gasteiger partial charge in [0, 0.05) is 30.0 Å². The second-order valence-corrected chi connectivity index (χ2v) is 8.51. The number of carbonyl (C=O) groups excluding carboxylic acids is 3. The third kappa shape index (κ3) is 1.82. The summed E-state index contributed by atoms with van der Waals surface area (Å²) in [4.78, 5) is 42.9. The van der Waals surface area contributed by atoms with E-state index in [1.807, 2.05) is 31.0 Å². The highest BCUT2D eigenvalue weighted by Crippen LogP contribution is 2.63. The molecule has 2 fully saturated rings. The number of benzene rings is 2. The van der Waals surface area contributed by atoms with E-state index in [1.165, 1.54) is 0 Å². The van der Waals surface area contributed by atoms with Crippen LogP contribution < -0.4 is 0 Å². The average molecular weight is 373 g/mol. The highest BCUT2D eigenvalue weighted by Gasteiger charge is 2.76. The number of nitrogens with zero attached hydrogens (tertiary/aromatic N) is 1. The molecule has 1 saturated heterocycles. The molecule has 0 unspecified atom stereocenters. The number of hydrogen-bond acceptors (Lipinski definition) is 4.